The van der Waals surface area contributed by atoms with E-state index in [9.17, 15) is 15.0 Å². The minimum absolute atomic E-state index is 0.0809. The zero-order chi connectivity index (χ0) is 18.7. The average molecular weight is 372 g/mol. The fourth-order valence-electron chi connectivity index (χ4n) is 9.17. The standard InChI is InChI=1S/C22H28O5/c1-9(2)21-16(27-21)14-7-20(14)19(3)5-4-10-12(8-26-17(10)23)15(19)11-6-13(11)22(20,25)18(21)24/h9,11,13-16,18,24-25H,4-8H2,1-3H3. The van der Waals surface area contributed by atoms with Crippen LogP contribution in [0, 0.1) is 40.4 Å². The van der Waals surface area contributed by atoms with E-state index in [2.05, 4.69) is 20.8 Å². The predicted molar refractivity (Wildman–Crippen MR) is 94.4 cm³/mol. The molecule has 0 radical (unpaired) electrons. The quantitative estimate of drug-likeness (QED) is 0.542. The molecule has 146 valence electrons. The van der Waals surface area contributed by atoms with Gasteiger partial charge in [-0.25, -0.2) is 4.79 Å². The van der Waals surface area contributed by atoms with Gasteiger partial charge in [-0.15, -0.1) is 0 Å². The van der Waals surface area contributed by atoms with Crippen LogP contribution in [0.5, 0.6) is 0 Å². The van der Waals surface area contributed by atoms with Crippen molar-refractivity contribution in [3.63, 3.8) is 0 Å². The highest BCUT2D eigenvalue weighted by Crippen LogP contribution is 2.89. The molecule has 1 spiro atoms. The molecule has 2 aliphatic heterocycles. The van der Waals surface area contributed by atoms with E-state index in [0.29, 0.717) is 24.4 Å². The zero-order valence-corrected chi connectivity index (χ0v) is 16.2. The van der Waals surface area contributed by atoms with Crippen LogP contribution < -0.4 is 0 Å². The molecule has 10 unspecified atom stereocenters. The molecule has 5 aliphatic carbocycles. The maximum Gasteiger partial charge on any atom is 0.334 e. The van der Waals surface area contributed by atoms with Gasteiger partial charge in [0, 0.05) is 11.0 Å². The molecule has 2 heterocycles. The molecule has 0 aromatic carbocycles. The van der Waals surface area contributed by atoms with Crippen molar-refractivity contribution in [2.24, 2.45) is 40.4 Å². The number of hydrogen-bond acceptors (Lipinski definition) is 5. The van der Waals surface area contributed by atoms with Crippen LogP contribution in [0.25, 0.3) is 0 Å². The van der Waals surface area contributed by atoms with Crippen LogP contribution in [-0.2, 0) is 14.3 Å². The highest BCUT2D eigenvalue weighted by atomic mass is 16.6. The number of epoxide rings is 1. The van der Waals surface area contributed by atoms with E-state index in [1.807, 2.05) is 0 Å². The summed E-state index contributed by atoms with van der Waals surface area (Å²) in [6.45, 7) is 6.99. The highest BCUT2D eigenvalue weighted by Gasteiger charge is 2.95. The molecule has 10 atom stereocenters. The lowest BCUT2D eigenvalue weighted by Gasteiger charge is -2.61. The topological polar surface area (TPSA) is 79.3 Å². The van der Waals surface area contributed by atoms with Gasteiger partial charge in [0.2, 0.25) is 0 Å². The summed E-state index contributed by atoms with van der Waals surface area (Å²) in [6, 6.07) is 0. The first-order chi connectivity index (χ1) is 12.7. The molecule has 5 heteroatoms. The Labute approximate surface area is 159 Å². The molecule has 27 heavy (non-hydrogen) atoms. The third-order valence-corrected chi connectivity index (χ3v) is 10.4. The van der Waals surface area contributed by atoms with Gasteiger partial charge < -0.3 is 19.7 Å². The maximum absolute atomic E-state index is 12.2. The minimum Gasteiger partial charge on any atom is -0.458 e. The van der Waals surface area contributed by atoms with Gasteiger partial charge in [0.15, 0.2) is 0 Å². The van der Waals surface area contributed by atoms with Gasteiger partial charge in [-0.2, -0.15) is 0 Å². The van der Waals surface area contributed by atoms with Crippen molar-refractivity contribution >= 4 is 5.97 Å². The largest absolute Gasteiger partial charge is 0.458 e. The molecule has 5 nitrogen and oxygen atoms in total. The number of rotatable bonds is 1. The molecule has 1 saturated heterocycles. The number of fused-ring (bicyclic) bond motifs is 7. The van der Waals surface area contributed by atoms with E-state index in [-0.39, 0.29) is 34.7 Å². The number of aliphatic hydroxyl groups excluding tert-OH is 1. The summed E-state index contributed by atoms with van der Waals surface area (Å²) in [5.74, 6) is 1.22. The monoisotopic (exact) mass is 372 g/mol. The van der Waals surface area contributed by atoms with Gasteiger partial charge in [0.25, 0.3) is 0 Å². The predicted octanol–water partition coefficient (Wildman–Crippen LogP) is 1.81. The second-order valence-corrected chi connectivity index (χ2v) is 11.0. The summed E-state index contributed by atoms with van der Waals surface area (Å²) in [7, 11) is 0. The van der Waals surface area contributed by atoms with Gasteiger partial charge in [0.05, 0.1) is 6.10 Å². The van der Waals surface area contributed by atoms with Crippen LogP contribution in [0.1, 0.15) is 46.5 Å². The number of aliphatic hydroxyl groups is 2. The number of carbonyl (C=O) groups is 1. The molecule has 5 fully saturated rings. The van der Waals surface area contributed by atoms with E-state index >= 15 is 0 Å². The van der Waals surface area contributed by atoms with Crippen LogP contribution in [0.3, 0.4) is 0 Å². The molecule has 7 aliphatic rings. The maximum atomic E-state index is 12.2. The lowest BCUT2D eigenvalue weighted by Crippen LogP contribution is -2.70. The Hall–Kier alpha value is -0.910. The molecular weight excluding hydrogens is 344 g/mol. The van der Waals surface area contributed by atoms with Gasteiger partial charge in [-0.1, -0.05) is 20.8 Å². The van der Waals surface area contributed by atoms with Crippen LogP contribution in [0.2, 0.25) is 0 Å². The summed E-state index contributed by atoms with van der Waals surface area (Å²) in [5.41, 5.74) is 0.166. The van der Waals surface area contributed by atoms with Gasteiger partial charge >= 0.3 is 5.97 Å². The van der Waals surface area contributed by atoms with Crippen molar-refractivity contribution < 1.29 is 24.5 Å². The zero-order valence-electron chi connectivity index (χ0n) is 16.2. The lowest BCUT2D eigenvalue weighted by molar-refractivity contribution is -0.238. The van der Waals surface area contributed by atoms with Crippen LogP contribution in [0.15, 0.2) is 11.1 Å². The first kappa shape index (κ1) is 15.9. The van der Waals surface area contributed by atoms with Crippen molar-refractivity contribution in [1.29, 1.82) is 0 Å². The van der Waals surface area contributed by atoms with Crippen molar-refractivity contribution in [3.05, 3.63) is 11.1 Å². The highest BCUT2D eigenvalue weighted by molar-refractivity contribution is 5.92. The van der Waals surface area contributed by atoms with Crippen LogP contribution in [0.4, 0.5) is 0 Å². The Morgan fingerprint density at radius 1 is 1.26 bits per heavy atom. The average Bonchev–Trinajstić information content (AvgIpc) is 3.48. The van der Waals surface area contributed by atoms with E-state index < -0.39 is 17.3 Å². The van der Waals surface area contributed by atoms with E-state index in [1.54, 1.807) is 0 Å². The van der Waals surface area contributed by atoms with Gasteiger partial charge in [-0.3, -0.25) is 0 Å². The summed E-state index contributed by atoms with van der Waals surface area (Å²) in [6.07, 6.45) is 2.83. The summed E-state index contributed by atoms with van der Waals surface area (Å²) < 4.78 is 11.7. The van der Waals surface area contributed by atoms with Crippen LogP contribution in [-0.4, -0.2) is 46.2 Å². The molecule has 0 aromatic rings. The van der Waals surface area contributed by atoms with Crippen molar-refractivity contribution in [1.82, 2.24) is 0 Å². The summed E-state index contributed by atoms with van der Waals surface area (Å²) in [4.78, 5) is 12.2. The second-order valence-electron chi connectivity index (χ2n) is 11.0. The smallest absolute Gasteiger partial charge is 0.334 e. The Balaban J connectivity index is 1.42. The first-order valence-corrected chi connectivity index (χ1v) is 10.7. The SMILES string of the molecule is CC(C)C12OC1C1CC13C1(C)CCC4=C(COC4=O)C1C1CC1C3(O)C2O. The summed E-state index contributed by atoms with van der Waals surface area (Å²) >= 11 is 0. The summed E-state index contributed by atoms with van der Waals surface area (Å²) in [5, 5.41) is 23.8. The van der Waals surface area contributed by atoms with E-state index in [0.717, 1.165) is 31.3 Å². The molecule has 7 rings (SSSR count). The molecule has 4 saturated carbocycles. The molecule has 0 aromatic heterocycles. The van der Waals surface area contributed by atoms with Crippen molar-refractivity contribution in [2.45, 2.75) is 69.9 Å². The van der Waals surface area contributed by atoms with Crippen molar-refractivity contribution in [3.8, 4) is 0 Å². The number of hydrogen-bond donors (Lipinski definition) is 2. The van der Waals surface area contributed by atoms with Crippen molar-refractivity contribution in [2.75, 3.05) is 6.61 Å². The molecule has 0 bridgehead atoms. The third-order valence-electron chi connectivity index (χ3n) is 10.4. The van der Waals surface area contributed by atoms with Crippen LogP contribution >= 0.6 is 0 Å². The molecule has 0 amide bonds. The van der Waals surface area contributed by atoms with E-state index in [4.69, 9.17) is 9.47 Å². The third kappa shape index (κ3) is 1.28. The number of carbonyl (C=O) groups excluding carboxylic acids is 1. The lowest BCUT2D eigenvalue weighted by atomic mass is 9.44. The number of ether oxygens (including phenoxy) is 2. The Morgan fingerprint density at radius 3 is 2.78 bits per heavy atom. The molecular formula is C22H28O5. The Kier molecular flexibility index (Phi) is 2.38. The second kappa shape index (κ2) is 4.03. The number of cyclic esters (lactones) is 1. The fraction of sp³-hybridized carbons (Fsp3) is 0.864. The minimum atomic E-state index is -1.05. The van der Waals surface area contributed by atoms with E-state index in [1.165, 1.54) is 5.57 Å². The van der Waals surface area contributed by atoms with Gasteiger partial charge in [0.1, 0.15) is 23.9 Å². The Bertz CT molecular complexity index is 848. The first-order valence-electron chi connectivity index (χ1n) is 10.7. The Morgan fingerprint density at radius 2 is 2.04 bits per heavy atom. The number of esters is 1. The van der Waals surface area contributed by atoms with Gasteiger partial charge in [-0.05, 0) is 66.3 Å². The fourth-order valence-corrected chi connectivity index (χ4v) is 9.17. The molecule has 2 N–H and O–H groups in total. The normalized spacial score (nSPS) is 64.0.